The number of aryl methyl sites for hydroxylation is 1. The summed E-state index contributed by atoms with van der Waals surface area (Å²) in [5.41, 5.74) is 0.705. The van der Waals surface area contributed by atoms with Crippen LogP contribution in [0, 0.1) is 0 Å². The van der Waals surface area contributed by atoms with Crippen LogP contribution in [0.4, 0.5) is 5.69 Å². The Labute approximate surface area is 154 Å². The molecule has 138 valence electrons. The SMILES string of the molecule is C[C@@H](Nc1cnc2n(c1=O)[C@H](C(=O)O)CC2)c1cnc(-c2ccccc2)o1. The monoisotopic (exact) mass is 366 g/mol. The van der Waals surface area contributed by atoms with Crippen LogP contribution in [0.2, 0.25) is 0 Å². The minimum absolute atomic E-state index is 0.233. The van der Waals surface area contributed by atoms with Gasteiger partial charge in [0.2, 0.25) is 5.89 Å². The predicted octanol–water partition coefficient (Wildman–Crippen LogP) is 2.64. The minimum Gasteiger partial charge on any atom is -0.480 e. The number of nitrogens with zero attached hydrogens (tertiary/aromatic N) is 3. The summed E-state index contributed by atoms with van der Waals surface area (Å²) >= 11 is 0. The van der Waals surface area contributed by atoms with Gasteiger partial charge in [-0.2, -0.15) is 0 Å². The van der Waals surface area contributed by atoms with Crippen molar-refractivity contribution in [2.45, 2.75) is 31.8 Å². The van der Waals surface area contributed by atoms with Crippen LogP contribution < -0.4 is 10.9 Å². The molecule has 2 aromatic heterocycles. The van der Waals surface area contributed by atoms with Crippen LogP contribution >= 0.6 is 0 Å². The number of carboxylic acid groups (broad SMARTS) is 1. The molecule has 27 heavy (non-hydrogen) atoms. The molecule has 0 saturated carbocycles. The Morgan fingerprint density at radius 1 is 1.30 bits per heavy atom. The molecule has 3 aromatic rings. The Bertz CT molecular complexity index is 1040. The van der Waals surface area contributed by atoms with Crippen LogP contribution in [0.25, 0.3) is 11.5 Å². The molecule has 1 aromatic carbocycles. The summed E-state index contributed by atoms with van der Waals surface area (Å²) in [4.78, 5) is 32.6. The first-order chi connectivity index (χ1) is 13.0. The van der Waals surface area contributed by atoms with E-state index in [1.807, 2.05) is 37.3 Å². The zero-order valence-corrected chi connectivity index (χ0v) is 14.6. The predicted molar refractivity (Wildman–Crippen MR) is 97.5 cm³/mol. The maximum Gasteiger partial charge on any atom is 0.326 e. The van der Waals surface area contributed by atoms with Gasteiger partial charge in [-0.1, -0.05) is 18.2 Å². The fourth-order valence-corrected chi connectivity index (χ4v) is 3.24. The highest BCUT2D eigenvalue weighted by Crippen LogP contribution is 2.26. The highest BCUT2D eigenvalue weighted by molar-refractivity contribution is 5.72. The molecule has 0 amide bonds. The van der Waals surface area contributed by atoms with Crippen LogP contribution in [0.5, 0.6) is 0 Å². The van der Waals surface area contributed by atoms with E-state index in [-0.39, 0.29) is 17.3 Å². The van der Waals surface area contributed by atoms with E-state index in [0.717, 1.165) is 5.56 Å². The van der Waals surface area contributed by atoms with E-state index in [1.54, 1.807) is 6.20 Å². The van der Waals surface area contributed by atoms with Gasteiger partial charge in [-0.05, 0) is 25.5 Å². The molecule has 3 heterocycles. The molecule has 0 bridgehead atoms. The number of carbonyl (C=O) groups is 1. The standard InChI is InChI=1S/C19H18N4O4/c1-11(15-10-21-17(27-15)12-5-3-2-4-6-12)22-13-9-20-16-8-7-14(19(25)26)23(16)18(13)24/h2-6,9-11,14,22H,7-8H2,1H3,(H,25,26)/t11-,14+/m1/s1. The van der Waals surface area contributed by atoms with E-state index < -0.39 is 12.0 Å². The van der Waals surface area contributed by atoms with Gasteiger partial charge >= 0.3 is 5.97 Å². The second-order valence-corrected chi connectivity index (χ2v) is 6.46. The zero-order valence-electron chi connectivity index (χ0n) is 14.6. The molecule has 8 nitrogen and oxygen atoms in total. The van der Waals surface area contributed by atoms with Crippen LogP contribution in [-0.2, 0) is 11.2 Å². The van der Waals surface area contributed by atoms with Crippen LogP contribution in [-0.4, -0.2) is 25.6 Å². The smallest absolute Gasteiger partial charge is 0.326 e. The van der Waals surface area contributed by atoms with Crippen molar-refractivity contribution in [3.05, 3.63) is 64.7 Å². The van der Waals surface area contributed by atoms with Gasteiger partial charge in [0.15, 0.2) is 0 Å². The molecule has 1 aliphatic heterocycles. The van der Waals surface area contributed by atoms with E-state index in [4.69, 9.17) is 4.42 Å². The van der Waals surface area contributed by atoms with Gasteiger partial charge in [-0.3, -0.25) is 9.36 Å². The molecule has 0 spiro atoms. The van der Waals surface area contributed by atoms with Crippen molar-refractivity contribution in [1.82, 2.24) is 14.5 Å². The molecule has 8 heteroatoms. The number of aliphatic carboxylic acids is 1. The largest absolute Gasteiger partial charge is 0.480 e. The van der Waals surface area contributed by atoms with Crippen molar-refractivity contribution in [1.29, 1.82) is 0 Å². The van der Waals surface area contributed by atoms with E-state index in [0.29, 0.717) is 30.3 Å². The number of fused-ring (bicyclic) bond motifs is 1. The zero-order chi connectivity index (χ0) is 19.0. The number of aromatic nitrogens is 3. The molecular weight excluding hydrogens is 348 g/mol. The topological polar surface area (TPSA) is 110 Å². The van der Waals surface area contributed by atoms with Crippen molar-refractivity contribution in [2.24, 2.45) is 0 Å². The third-order valence-electron chi connectivity index (χ3n) is 4.65. The number of carboxylic acids is 1. The Morgan fingerprint density at radius 3 is 2.81 bits per heavy atom. The van der Waals surface area contributed by atoms with E-state index in [2.05, 4.69) is 15.3 Å². The van der Waals surface area contributed by atoms with Crippen LogP contribution in [0.3, 0.4) is 0 Å². The first-order valence-corrected chi connectivity index (χ1v) is 8.65. The maximum atomic E-state index is 12.7. The Morgan fingerprint density at radius 2 is 2.07 bits per heavy atom. The van der Waals surface area contributed by atoms with Gasteiger partial charge < -0.3 is 14.8 Å². The van der Waals surface area contributed by atoms with Crippen molar-refractivity contribution in [2.75, 3.05) is 5.32 Å². The second kappa shape index (κ2) is 6.71. The van der Waals surface area contributed by atoms with E-state index >= 15 is 0 Å². The fraction of sp³-hybridized carbons (Fsp3) is 0.263. The summed E-state index contributed by atoms with van der Waals surface area (Å²) < 4.78 is 7.06. The fourth-order valence-electron chi connectivity index (χ4n) is 3.24. The van der Waals surface area contributed by atoms with E-state index in [1.165, 1.54) is 10.8 Å². The molecule has 0 fully saturated rings. The lowest BCUT2D eigenvalue weighted by Gasteiger charge is -2.15. The number of hydrogen-bond donors (Lipinski definition) is 2. The van der Waals surface area contributed by atoms with Gasteiger partial charge in [0, 0.05) is 12.0 Å². The number of nitrogens with one attached hydrogen (secondary N) is 1. The molecule has 0 unspecified atom stereocenters. The van der Waals surface area contributed by atoms with Gasteiger partial charge in [0.05, 0.1) is 18.4 Å². The molecule has 0 saturated heterocycles. The van der Waals surface area contributed by atoms with Crippen molar-refractivity contribution in [3.8, 4) is 11.5 Å². The normalized spacial score (nSPS) is 16.7. The van der Waals surface area contributed by atoms with Gasteiger partial charge in [-0.25, -0.2) is 14.8 Å². The highest BCUT2D eigenvalue weighted by atomic mass is 16.4. The summed E-state index contributed by atoms with van der Waals surface area (Å²) in [6.45, 7) is 1.83. The summed E-state index contributed by atoms with van der Waals surface area (Å²) in [6.07, 6.45) is 3.91. The first-order valence-electron chi connectivity index (χ1n) is 8.65. The molecule has 2 N–H and O–H groups in total. The summed E-state index contributed by atoms with van der Waals surface area (Å²) in [5, 5.41) is 12.4. The van der Waals surface area contributed by atoms with Crippen LogP contribution in [0.1, 0.15) is 37.0 Å². The summed E-state index contributed by atoms with van der Waals surface area (Å²) in [7, 11) is 0. The minimum atomic E-state index is -1.02. The lowest BCUT2D eigenvalue weighted by atomic mass is 10.2. The third-order valence-corrected chi connectivity index (χ3v) is 4.65. The number of anilines is 1. The van der Waals surface area contributed by atoms with Crippen molar-refractivity contribution >= 4 is 11.7 Å². The Balaban J connectivity index is 1.59. The number of benzene rings is 1. The molecule has 2 atom stereocenters. The van der Waals surface area contributed by atoms with Crippen molar-refractivity contribution < 1.29 is 14.3 Å². The number of oxazole rings is 1. The van der Waals surface area contributed by atoms with Gasteiger partial charge in [-0.15, -0.1) is 0 Å². The van der Waals surface area contributed by atoms with E-state index in [9.17, 15) is 14.7 Å². The van der Waals surface area contributed by atoms with Gasteiger partial charge in [0.1, 0.15) is 23.3 Å². The van der Waals surface area contributed by atoms with Gasteiger partial charge in [0.25, 0.3) is 5.56 Å². The molecule has 1 aliphatic rings. The highest BCUT2D eigenvalue weighted by Gasteiger charge is 2.31. The number of rotatable bonds is 5. The Hall–Kier alpha value is -3.42. The summed E-state index contributed by atoms with van der Waals surface area (Å²) in [5.74, 6) is 0.532. The molecule has 0 radical (unpaired) electrons. The number of hydrogen-bond acceptors (Lipinski definition) is 6. The average Bonchev–Trinajstić information content (AvgIpc) is 3.32. The average molecular weight is 366 g/mol. The second-order valence-electron chi connectivity index (χ2n) is 6.46. The maximum absolute atomic E-state index is 12.7. The molecular formula is C19H18N4O4. The van der Waals surface area contributed by atoms with Crippen molar-refractivity contribution in [3.63, 3.8) is 0 Å². The molecule has 0 aliphatic carbocycles. The quantitative estimate of drug-likeness (QED) is 0.714. The lowest BCUT2D eigenvalue weighted by molar-refractivity contribution is -0.140. The third kappa shape index (κ3) is 3.10. The molecule has 4 rings (SSSR count). The van der Waals surface area contributed by atoms with Crippen LogP contribution in [0.15, 0.2) is 51.9 Å². The lowest BCUT2D eigenvalue weighted by Crippen LogP contribution is -2.30. The first kappa shape index (κ1) is 17.0. The Kier molecular flexibility index (Phi) is 4.23. The summed E-state index contributed by atoms with van der Waals surface area (Å²) in [6, 6.07) is 8.30.